The number of urea groups is 1. The molecule has 0 saturated carbocycles. The van der Waals surface area contributed by atoms with Crippen molar-refractivity contribution in [1.82, 2.24) is 15.5 Å². The summed E-state index contributed by atoms with van der Waals surface area (Å²) < 4.78 is 0. The maximum Gasteiger partial charge on any atom is 0.319 e. The fraction of sp³-hybridized carbons (Fsp3) is 0.318. The highest BCUT2D eigenvalue weighted by Crippen LogP contribution is 2.25. The van der Waals surface area contributed by atoms with E-state index in [1.807, 2.05) is 30.5 Å². The van der Waals surface area contributed by atoms with Gasteiger partial charge in [0.05, 0.1) is 6.04 Å². The first-order valence-corrected chi connectivity index (χ1v) is 11.3. The van der Waals surface area contributed by atoms with E-state index in [1.54, 1.807) is 40.9 Å². The Labute approximate surface area is 184 Å². The van der Waals surface area contributed by atoms with Crippen molar-refractivity contribution in [3.05, 3.63) is 54.1 Å². The van der Waals surface area contributed by atoms with Gasteiger partial charge in [-0.25, -0.2) is 4.79 Å². The van der Waals surface area contributed by atoms with Crippen molar-refractivity contribution in [2.45, 2.75) is 35.9 Å². The predicted octanol–water partition coefficient (Wildman–Crippen LogP) is 1.95. The fourth-order valence-corrected chi connectivity index (χ4v) is 4.48. The maximum absolute atomic E-state index is 12.9. The number of amides is 4. The molecule has 2 aliphatic rings. The minimum absolute atomic E-state index is 0.148. The number of thioether (sulfide) groups is 1. The second-order valence-corrected chi connectivity index (χ2v) is 8.58. The highest BCUT2D eigenvalue weighted by Gasteiger charge is 2.46. The summed E-state index contributed by atoms with van der Waals surface area (Å²) in [6.07, 6.45) is 2.69. The van der Waals surface area contributed by atoms with Crippen LogP contribution in [0.4, 0.5) is 10.5 Å². The number of phenolic OH excluding ortho intramolecular Hbond substituents is 1. The molecule has 3 atom stereocenters. The van der Waals surface area contributed by atoms with Gasteiger partial charge in [-0.3, -0.25) is 9.59 Å². The van der Waals surface area contributed by atoms with E-state index in [0.717, 1.165) is 10.5 Å². The summed E-state index contributed by atoms with van der Waals surface area (Å²) in [6, 6.07) is 12.2. The van der Waals surface area contributed by atoms with Crippen molar-refractivity contribution >= 4 is 35.3 Å². The number of carbonyl (C=O) groups excluding carboxylic acids is 3. The van der Waals surface area contributed by atoms with E-state index >= 15 is 0 Å². The molecule has 2 aliphatic heterocycles. The molecule has 2 fully saturated rings. The van der Waals surface area contributed by atoms with E-state index < -0.39 is 12.1 Å². The Kier molecular flexibility index (Phi) is 6.03. The molecule has 0 radical (unpaired) electrons. The van der Waals surface area contributed by atoms with Gasteiger partial charge in [0.1, 0.15) is 17.8 Å². The SMILES string of the molecule is CSc1cccc(NC(=O)N[C@H]2C[C@H]3C(=O)N[C@H](Cc4ccc(O)cc4)C(=O)N3C2)c1. The molecule has 2 aromatic carbocycles. The number of phenols is 1. The molecule has 162 valence electrons. The van der Waals surface area contributed by atoms with Crippen LogP contribution >= 0.6 is 11.8 Å². The Hall–Kier alpha value is -3.20. The maximum atomic E-state index is 12.9. The standard InChI is InChI=1S/C22H24N4O4S/c1-31-17-4-2-3-14(10-17)23-22(30)24-15-11-19-20(28)25-18(21(29)26(19)12-15)9-13-5-7-16(27)8-6-13/h2-8,10,15,18-19,27H,9,11-12H2,1H3,(H,25,28)(H2,23,24,30)/t15-,18+,19-/m0/s1. The number of fused-ring (bicyclic) bond motifs is 1. The number of piperazine rings is 1. The number of hydrogen-bond acceptors (Lipinski definition) is 5. The lowest BCUT2D eigenvalue weighted by Crippen LogP contribution is -2.61. The summed E-state index contributed by atoms with van der Waals surface area (Å²) in [6.45, 7) is 0.293. The molecule has 0 bridgehead atoms. The molecule has 2 heterocycles. The molecule has 4 amide bonds. The van der Waals surface area contributed by atoms with Gasteiger partial charge in [0, 0.05) is 23.5 Å². The number of hydrogen-bond donors (Lipinski definition) is 4. The van der Waals surface area contributed by atoms with E-state index in [9.17, 15) is 19.5 Å². The third kappa shape index (κ3) is 4.77. The zero-order valence-corrected chi connectivity index (χ0v) is 17.8. The fourth-order valence-electron chi connectivity index (χ4n) is 4.02. The zero-order chi connectivity index (χ0) is 22.0. The summed E-state index contributed by atoms with van der Waals surface area (Å²) in [4.78, 5) is 40.6. The van der Waals surface area contributed by atoms with Crippen molar-refractivity contribution in [3.8, 4) is 5.75 Å². The third-order valence-corrected chi connectivity index (χ3v) is 6.27. The van der Waals surface area contributed by atoms with Crippen LogP contribution in [0.1, 0.15) is 12.0 Å². The van der Waals surface area contributed by atoms with Crippen molar-refractivity contribution in [2.24, 2.45) is 0 Å². The van der Waals surface area contributed by atoms with Gasteiger partial charge < -0.3 is 26.0 Å². The summed E-state index contributed by atoms with van der Waals surface area (Å²) in [5.41, 5.74) is 1.53. The first kappa shape index (κ1) is 21.0. The van der Waals surface area contributed by atoms with Gasteiger partial charge >= 0.3 is 6.03 Å². The normalized spacial score (nSPS) is 22.6. The minimum atomic E-state index is -0.657. The molecule has 31 heavy (non-hydrogen) atoms. The van der Waals surface area contributed by atoms with Gasteiger partial charge in [-0.1, -0.05) is 18.2 Å². The van der Waals surface area contributed by atoms with Gasteiger partial charge in [0.15, 0.2) is 0 Å². The van der Waals surface area contributed by atoms with Crippen molar-refractivity contribution < 1.29 is 19.5 Å². The molecule has 0 unspecified atom stereocenters. The molecule has 9 heteroatoms. The summed E-state index contributed by atoms with van der Waals surface area (Å²) in [5.74, 6) is -0.217. The summed E-state index contributed by atoms with van der Waals surface area (Å²) >= 11 is 1.59. The van der Waals surface area contributed by atoms with Crippen LogP contribution in [0.15, 0.2) is 53.4 Å². The second-order valence-electron chi connectivity index (χ2n) is 7.70. The van der Waals surface area contributed by atoms with E-state index in [1.165, 1.54) is 0 Å². The van der Waals surface area contributed by atoms with Crippen LogP contribution in [-0.2, 0) is 16.0 Å². The van der Waals surface area contributed by atoms with Gasteiger partial charge in [0.25, 0.3) is 0 Å². The number of nitrogens with one attached hydrogen (secondary N) is 3. The van der Waals surface area contributed by atoms with Crippen LogP contribution in [0, 0.1) is 0 Å². The molecule has 0 aliphatic carbocycles. The average Bonchev–Trinajstić information content (AvgIpc) is 3.18. The van der Waals surface area contributed by atoms with Crippen molar-refractivity contribution in [2.75, 3.05) is 18.1 Å². The second kappa shape index (κ2) is 8.89. The lowest BCUT2D eigenvalue weighted by molar-refractivity contribution is -0.147. The Morgan fingerprint density at radius 1 is 1.23 bits per heavy atom. The molecule has 4 rings (SSSR count). The predicted molar refractivity (Wildman–Crippen MR) is 118 cm³/mol. The molecule has 4 N–H and O–H groups in total. The van der Waals surface area contributed by atoms with Gasteiger partial charge in [-0.15, -0.1) is 11.8 Å². The van der Waals surface area contributed by atoms with Crippen LogP contribution in [0.2, 0.25) is 0 Å². The molecular formula is C22H24N4O4S. The van der Waals surface area contributed by atoms with Crippen LogP contribution in [0.25, 0.3) is 0 Å². The average molecular weight is 441 g/mol. The highest BCUT2D eigenvalue weighted by atomic mass is 32.2. The molecule has 2 saturated heterocycles. The Bertz CT molecular complexity index is 997. The first-order chi connectivity index (χ1) is 14.9. The number of rotatable bonds is 5. The van der Waals surface area contributed by atoms with E-state index in [2.05, 4.69) is 16.0 Å². The van der Waals surface area contributed by atoms with Crippen molar-refractivity contribution in [1.29, 1.82) is 0 Å². The minimum Gasteiger partial charge on any atom is -0.508 e. The third-order valence-electron chi connectivity index (χ3n) is 5.54. The topological polar surface area (TPSA) is 111 Å². The number of anilines is 1. The highest BCUT2D eigenvalue weighted by molar-refractivity contribution is 7.98. The summed E-state index contributed by atoms with van der Waals surface area (Å²) in [7, 11) is 0. The monoisotopic (exact) mass is 440 g/mol. The van der Waals surface area contributed by atoms with Gasteiger partial charge in [0.2, 0.25) is 11.8 Å². The lowest BCUT2D eigenvalue weighted by atomic mass is 10.0. The number of benzene rings is 2. The molecule has 0 spiro atoms. The zero-order valence-electron chi connectivity index (χ0n) is 17.0. The van der Waals surface area contributed by atoms with Crippen LogP contribution in [0.3, 0.4) is 0 Å². The number of aromatic hydroxyl groups is 1. The lowest BCUT2D eigenvalue weighted by Gasteiger charge is -2.34. The van der Waals surface area contributed by atoms with Gasteiger partial charge in [-0.05, 0) is 48.6 Å². The number of carbonyl (C=O) groups is 3. The Morgan fingerprint density at radius 3 is 2.74 bits per heavy atom. The van der Waals surface area contributed by atoms with E-state index in [4.69, 9.17) is 0 Å². The molecule has 8 nitrogen and oxygen atoms in total. The first-order valence-electron chi connectivity index (χ1n) is 10.0. The van der Waals surface area contributed by atoms with E-state index in [0.29, 0.717) is 25.1 Å². The largest absolute Gasteiger partial charge is 0.508 e. The smallest absolute Gasteiger partial charge is 0.319 e. The summed E-state index contributed by atoms with van der Waals surface area (Å²) in [5, 5.41) is 17.9. The van der Waals surface area contributed by atoms with Crippen LogP contribution in [-0.4, -0.2) is 58.8 Å². The molecule has 0 aromatic heterocycles. The molecular weight excluding hydrogens is 416 g/mol. The Balaban J connectivity index is 1.36. The van der Waals surface area contributed by atoms with Gasteiger partial charge in [-0.2, -0.15) is 0 Å². The van der Waals surface area contributed by atoms with Crippen LogP contribution < -0.4 is 16.0 Å². The van der Waals surface area contributed by atoms with E-state index in [-0.39, 0.29) is 29.6 Å². The quantitative estimate of drug-likeness (QED) is 0.531. The van der Waals surface area contributed by atoms with Crippen LogP contribution in [0.5, 0.6) is 5.75 Å². The Morgan fingerprint density at radius 2 is 2.00 bits per heavy atom. The molecule has 2 aromatic rings. The van der Waals surface area contributed by atoms with Crippen molar-refractivity contribution in [3.63, 3.8) is 0 Å². The number of nitrogens with zero attached hydrogens (tertiary/aromatic N) is 1.